The maximum Gasteiger partial charge on any atom is 0.335 e. The number of carboxylic acids is 1. The van der Waals surface area contributed by atoms with Crippen molar-refractivity contribution in [2.45, 2.75) is 6.92 Å². The van der Waals surface area contributed by atoms with Gasteiger partial charge in [-0.05, 0) is 0 Å². The van der Waals surface area contributed by atoms with Crippen molar-refractivity contribution < 1.29 is 22.9 Å². The first-order valence-electron chi connectivity index (χ1n) is 2.52. The van der Waals surface area contributed by atoms with Gasteiger partial charge < -0.3 is 5.11 Å². The van der Waals surface area contributed by atoms with E-state index in [1.54, 1.807) is 0 Å². The van der Waals surface area contributed by atoms with Gasteiger partial charge in [0.25, 0.3) is 5.97 Å². The second-order valence-electron chi connectivity index (χ2n) is 1.78. The van der Waals surface area contributed by atoms with Crippen LogP contribution < -0.4 is 0 Å². The number of rotatable bonds is 1. The van der Waals surface area contributed by atoms with Crippen LogP contribution >= 0.6 is 0 Å². The molecule has 0 aliphatic heterocycles. The molecule has 11 heavy (non-hydrogen) atoms. The van der Waals surface area contributed by atoms with Crippen molar-refractivity contribution in [2.75, 3.05) is 14.1 Å². The van der Waals surface area contributed by atoms with Crippen molar-refractivity contribution in [1.82, 2.24) is 4.31 Å². The van der Waals surface area contributed by atoms with Gasteiger partial charge in [-0.15, -0.1) is 0 Å². The molecule has 6 nitrogen and oxygen atoms in total. The number of carboxylic acid groups (broad SMARTS) is 1. The molecule has 0 heterocycles. The Morgan fingerprint density at radius 3 is 1.45 bits per heavy atom. The van der Waals surface area contributed by atoms with Gasteiger partial charge in [0.05, 0.1) is 0 Å². The van der Waals surface area contributed by atoms with Crippen LogP contribution in [-0.2, 0) is 15.1 Å². The molecule has 0 aromatic heterocycles. The molecule has 0 aromatic rings. The Bertz CT molecular complexity index is 203. The van der Waals surface area contributed by atoms with Gasteiger partial charge in [0, 0.05) is 21.0 Å². The minimum absolute atomic E-state index is 0.715. The van der Waals surface area contributed by atoms with Crippen LogP contribution in [0.5, 0.6) is 0 Å². The third-order valence-corrected chi connectivity index (χ3v) is 1.38. The highest BCUT2D eigenvalue weighted by atomic mass is 32.2. The van der Waals surface area contributed by atoms with Crippen LogP contribution in [0.3, 0.4) is 0 Å². The summed E-state index contributed by atoms with van der Waals surface area (Å²) in [5.74, 6) is -0.833. The molecule has 0 aliphatic carbocycles. The summed E-state index contributed by atoms with van der Waals surface area (Å²) >= 11 is 0. The maximum atomic E-state index is 9.81. The molecule has 0 saturated heterocycles. The van der Waals surface area contributed by atoms with Crippen LogP contribution in [0.25, 0.3) is 0 Å². The minimum Gasteiger partial charge on any atom is -0.481 e. The second kappa shape index (κ2) is 5.05. The molecule has 0 radical (unpaired) electrons. The molecule has 0 spiro atoms. The summed E-state index contributed by atoms with van der Waals surface area (Å²) in [5, 5.41) is 7.42. The van der Waals surface area contributed by atoms with Gasteiger partial charge >= 0.3 is 10.3 Å². The number of aliphatic carboxylic acids is 1. The number of hydrogen-bond acceptors (Lipinski definition) is 3. The molecule has 0 amide bonds. The summed E-state index contributed by atoms with van der Waals surface area (Å²) in [6.45, 7) is 1.08. The smallest absolute Gasteiger partial charge is 0.335 e. The van der Waals surface area contributed by atoms with Crippen LogP contribution in [0, 0.1) is 0 Å². The topological polar surface area (TPSA) is 94.9 Å². The minimum atomic E-state index is -3.91. The van der Waals surface area contributed by atoms with E-state index in [4.69, 9.17) is 14.5 Å². The zero-order valence-electron chi connectivity index (χ0n) is 6.47. The highest BCUT2D eigenvalue weighted by Crippen LogP contribution is 1.82. The Morgan fingerprint density at radius 1 is 1.36 bits per heavy atom. The van der Waals surface area contributed by atoms with Crippen LogP contribution in [0.4, 0.5) is 0 Å². The van der Waals surface area contributed by atoms with Gasteiger partial charge in [0.15, 0.2) is 0 Å². The summed E-state index contributed by atoms with van der Waals surface area (Å²) in [6, 6.07) is 0. The lowest BCUT2D eigenvalue weighted by Gasteiger charge is -2.00. The standard InChI is InChI=1S/C2H7NO3S.C2H4O2/c1-3(2)7(4,5)6;1-2(3)4/h1-2H3,(H,4,5,6);1H3,(H,3,4). The molecular formula is C4H11NO5S. The van der Waals surface area contributed by atoms with Gasteiger partial charge in [-0.25, -0.2) is 0 Å². The Hall–Kier alpha value is -0.660. The molecule has 0 saturated carbocycles. The summed E-state index contributed by atoms with van der Waals surface area (Å²) in [4.78, 5) is 9.00. The normalized spacial score (nSPS) is 10.3. The zero-order valence-corrected chi connectivity index (χ0v) is 7.29. The van der Waals surface area contributed by atoms with Crippen molar-refractivity contribution in [2.24, 2.45) is 0 Å². The Morgan fingerprint density at radius 2 is 1.45 bits per heavy atom. The lowest BCUT2D eigenvalue weighted by Crippen LogP contribution is -2.20. The monoisotopic (exact) mass is 185 g/mol. The average Bonchev–Trinajstić information content (AvgIpc) is 1.59. The van der Waals surface area contributed by atoms with Crippen LogP contribution in [0.2, 0.25) is 0 Å². The Balaban J connectivity index is 0. The van der Waals surface area contributed by atoms with Gasteiger partial charge in [-0.2, -0.15) is 12.7 Å². The predicted octanol–water partition coefficient (Wildman–Crippen LogP) is -0.558. The fourth-order valence-electron chi connectivity index (χ4n) is 0. The third-order valence-electron chi connectivity index (χ3n) is 0.461. The summed E-state index contributed by atoms with van der Waals surface area (Å²) < 4.78 is 28.3. The molecule has 0 bridgehead atoms. The summed E-state index contributed by atoms with van der Waals surface area (Å²) in [5.41, 5.74) is 0. The van der Waals surface area contributed by atoms with Crippen molar-refractivity contribution in [3.63, 3.8) is 0 Å². The molecular weight excluding hydrogens is 174 g/mol. The van der Waals surface area contributed by atoms with E-state index in [1.165, 1.54) is 14.1 Å². The van der Waals surface area contributed by atoms with E-state index >= 15 is 0 Å². The van der Waals surface area contributed by atoms with Gasteiger partial charge in [-0.1, -0.05) is 0 Å². The van der Waals surface area contributed by atoms with Crippen molar-refractivity contribution in [3.05, 3.63) is 0 Å². The van der Waals surface area contributed by atoms with Gasteiger partial charge in [0.2, 0.25) is 0 Å². The fourth-order valence-corrected chi connectivity index (χ4v) is 0. The van der Waals surface area contributed by atoms with E-state index in [0.29, 0.717) is 4.31 Å². The van der Waals surface area contributed by atoms with Crippen LogP contribution in [0.1, 0.15) is 6.92 Å². The largest absolute Gasteiger partial charge is 0.481 e. The predicted molar refractivity (Wildman–Crippen MR) is 38.5 cm³/mol. The SMILES string of the molecule is CC(=O)O.CN(C)S(=O)(=O)O. The molecule has 0 aliphatic rings. The lowest BCUT2D eigenvalue weighted by atomic mass is 10.9. The number of hydrogen-bond donors (Lipinski definition) is 2. The first kappa shape index (κ1) is 13.0. The number of nitrogens with zero attached hydrogens (tertiary/aromatic N) is 1. The maximum absolute atomic E-state index is 9.81. The second-order valence-corrected chi connectivity index (χ2v) is 3.41. The third kappa shape index (κ3) is 17.6. The highest BCUT2D eigenvalue weighted by Gasteiger charge is 2.03. The van der Waals surface area contributed by atoms with Gasteiger partial charge in [-0.3, -0.25) is 9.35 Å². The quantitative estimate of drug-likeness (QED) is 0.534. The molecule has 0 fully saturated rings. The Labute approximate surface area is 65.3 Å². The molecule has 2 N–H and O–H groups in total. The van der Waals surface area contributed by atoms with Crippen molar-refractivity contribution in [3.8, 4) is 0 Å². The zero-order chi connectivity index (χ0) is 9.65. The molecule has 0 rings (SSSR count). The first-order chi connectivity index (χ1) is 4.68. The van der Waals surface area contributed by atoms with E-state index in [1.807, 2.05) is 0 Å². The van der Waals surface area contributed by atoms with Crippen molar-refractivity contribution >= 4 is 16.3 Å². The number of carbonyl (C=O) groups is 1. The molecule has 68 valence electrons. The Kier molecular flexibility index (Phi) is 5.96. The first-order valence-corrected chi connectivity index (χ1v) is 3.92. The van der Waals surface area contributed by atoms with E-state index in [-0.39, 0.29) is 0 Å². The molecule has 0 aromatic carbocycles. The van der Waals surface area contributed by atoms with E-state index in [9.17, 15) is 8.42 Å². The van der Waals surface area contributed by atoms with Gasteiger partial charge in [0.1, 0.15) is 0 Å². The van der Waals surface area contributed by atoms with E-state index in [2.05, 4.69) is 0 Å². The van der Waals surface area contributed by atoms with Crippen LogP contribution in [-0.4, -0.2) is 42.4 Å². The fraction of sp³-hybridized carbons (Fsp3) is 0.750. The van der Waals surface area contributed by atoms with Crippen molar-refractivity contribution in [1.29, 1.82) is 0 Å². The molecule has 0 atom stereocenters. The molecule has 0 unspecified atom stereocenters. The summed E-state index contributed by atoms with van der Waals surface area (Å²) in [7, 11) is -1.42. The highest BCUT2D eigenvalue weighted by molar-refractivity contribution is 7.83. The summed E-state index contributed by atoms with van der Waals surface area (Å²) in [6.07, 6.45) is 0. The van der Waals surface area contributed by atoms with E-state index in [0.717, 1.165) is 6.92 Å². The molecule has 7 heteroatoms. The lowest BCUT2D eigenvalue weighted by molar-refractivity contribution is -0.134. The van der Waals surface area contributed by atoms with Crippen LogP contribution in [0.15, 0.2) is 0 Å². The van der Waals surface area contributed by atoms with E-state index < -0.39 is 16.3 Å². The average molecular weight is 185 g/mol.